The molecule has 1 N–H and O–H groups in total. The summed E-state index contributed by atoms with van der Waals surface area (Å²) in [5.41, 5.74) is 1.68. The first kappa shape index (κ1) is 24.7. The molecule has 4 aromatic rings. The Kier molecular flexibility index (Phi) is 6.98. The Morgan fingerprint density at radius 3 is 2.67 bits per heavy atom. The lowest BCUT2D eigenvalue weighted by Gasteiger charge is -2.19. The second-order valence-electron chi connectivity index (χ2n) is 8.06. The number of aromatic nitrogens is 3. The van der Waals surface area contributed by atoms with Crippen molar-refractivity contribution in [2.24, 2.45) is 0 Å². The van der Waals surface area contributed by atoms with Crippen LogP contribution in [-0.2, 0) is 14.8 Å². The average Bonchev–Trinajstić information content (AvgIpc) is 3.33. The number of benzene rings is 2. The molecule has 5 rings (SSSR count). The zero-order valence-electron chi connectivity index (χ0n) is 18.6. The Bertz CT molecular complexity index is 1510. The lowest BCUT2D eigenvalue weighted by molar-refractivity contribution is 0.0853. The van der Waals surface area contributed by atoms with Crippen LogP contribution in [0, 0.1) is 11.6 Å². The van der Waals surface area contributed by atoms with Crippen LogP contribution in [0.15, 0.2) is 59.9 Å². The molecule has 2 aromatic heterocycles. The first-order valence-electron chi connectivity index (χ1n) is 10.9. The monoisotopic (exact) mass is 548 g/mol. The van der Waals surface area contributed by atoms with E-state index in [1.165, 1.54) is 23.7 Å². The van der Waals surface area contributed by atoms with Crippen LogP contribution in [-0.4, -0.2) is 36.6 Å². The summed E-state index contributed by atoms with van der Waals surface area (Å²) in [6.07, 6.45) is 4.73. The summed E-state index contributed by atoms with van der Waals surface area (Å²) in [6, 6.07) is 8.74. The Morgan fingerprint density at radius 2 is 1.92 bits per heavy atom. The molecule has 0 amide bonds. The second-order valence-corrected chi connectivity index (χ2v) is 11.1. The maximum atomic E-state index is 14.2. The average molecular weight is 549 g/mol. The van der Waals surface area contributed by atoms with Crippen molar-refractivity contribution in [1.82, 2.24) is 15.0 Å². The van der Waals surface area contributed by atoms with Crippen molar-refractivity contribution in [1.29, 1.82) is 0 Å². The van der Waals surface area contributed by atoms with Gasteiger partial charge in [0.25, 0.3) is 10.0 Å². The summed E-state index contributed by atoms with van der Waals surface area (Å²) in [5, 5.41) is 0.975. The molecule has 1 aliphatic heterocycles. The minimum Gasteiger partial charge on any atom is -0.381 e. The molecule has 0 saturated carbocycles. The summed E-state index contributed by atoms with van der Waals surface area (Å²) in [5.74, 6) is -1.74. The molecule has 0 spiro atoms. The van der Waals surface area contributed by atoms with Crippen LogP contribution < -0.4 is 4.72 Å². The van der Waals surface area contributed by atoms with E-state index in [1.807, 2.05) is 0 Å². The maximum Gasteiger partial charge on any atom is 0.264 e. The van der Waals surface area contributed by atoms with E-state index >= 15 is 0 Å². The number of sulfonamides is 1. The van der Waals surface area contributed by atoms with Gasteiger partial charge in [-0.25, -0.2) is 32.2 Å². The number of thiazole rings is 1. The maximum absolute atomic E-state index is 14.2. The predicted molar refractivity (Wildman–Crippen MR) is 134 cm³/mol. The summed E-state index contributed by atoms with van der Waals surface area (Å²) >= 11 is 8.18. The van der Waals surface area contributed by atoms with E-state index < -0.39 is 26.6 Å². The van der Waals surface area contributed by atoms with Crippen molar-refractivity contribution in [3.63, 3.8) is 0 Å². The molecular weight excluding hydrogens is 530 g/mol. The van der Waals surface area contributed by atoms with Crippen molar-refractivity contribution in [3.8, 4) is 21.8 Å². The molecule has 3 heterocycles. The fourth-order valence-electron chi connectivity index (χ4n) is 3.91. The SMILES string of the molecule is O=S(=O)(Nc1cccc(-c2nc(C3CCOCC3)sc2-c2ccncn2)c1Cl)c1cc(F)ccc1F. The first-order valence-corrected chi connectivity index (χ1v) is 13.6. The van der Waals surface area contributed by atoms with Gasteiger partial charge in [0.05, 0.1) is 32.0 Å². The highest BCUT2D eigenvalue weighted by molar-refractivity contribution is 7.92. The number of hydrogen-bond donors (Lipinski definition) is 1. The summed E-state index contributed by atoms with van der Waals surface area (Å²) in [4.78, 5) is 13.2. The predicted octanol–water partition coefficient (Wildman–Crippen LogP) is 5.89. The molecule has 2 aromatic carbocycles. The van der Waals surface area contributed by atoms with E-state index in [2.05, 4.69) is 14.7 Å². The van der Waals surface area contributed by atoms with Crippen molar-refractivity contribution in [3.05, 3.63) is 76.7 Å². The Balaban J connectivity index is 1.58. The summed E-state index contributed by atoms with van der Waals surface area (Å²) in [6.45, 7) is 1.30. The molecule has 0 aliphatic carbocycles. The van der Waals surface area contributed by atoms with Gasteiger partial charge in [0.15, 0.2) is 0 Å². The molecule has 1 saturated heterocycles. The van der Waals surface area contributed by atoms with E-state index in [9.17, 15) is 17.2 Å². The fraction of sp³-hybridized carbons (Fsp3) is 0.208. The lowest BCUT2D eigenvalue weighted by Crippen LogP contribution is -2.15. The summed E-state index contributed by atoms with van der Waals surface area (Å²) < 4.78 is 61.3. The van der Waals surface area contributed by atoms with Crippen molar-refractivity contribution >= 4 is 38.6 Å². The van der Waals surface area contributed by atoms with Gasteiger partial charge in [0.2, 0.25) is 0 Å². The van der Waals surface area contributed by atoms with Gasteiger partial charge in [0, 0.05) is 30.9 Å². The minimum atomic E-state index is -4.46. The van der Waals surface area contributed by atoms with Crippen molar-refractivity contribution in [2.45, 2.75) is 23.7 Å². The highest BCUT2D eigenvalue weighted by Crippen LogP contribution is 2.44. The number of hydrogen-bond acceptors (Lipinski definition) is 7. The molecule has 0 atom stereocenters. The van der Waals surface area contributed by atoms with Crippen LogP contribution >= 0.6 is 22.9 Å². The molecule has 186 valence electrons. The Hall–Kier alpha value is -2.99. The van der Waals surface area contributed by atoms with Crippen LogP contribution in [0.1, 0.15) is 23.8 Å². The molecule has 0 radical (unpaired) electrons. The number of nitrogens with zero attached hydrogens (tertiary/aromatic N) is 3. The first-order chi connectivity index (χ1) is 17.3. The lowest BCUT2D eigenvalue weighted by atomic mass is 10.0. The number of halogens is 3. The van der Waals surface area contributed by atoms with Crippen molar-refractivity contribution in [2.75, 3.05) is 17.9 Å². The van der Waals surface area contributed by atoms with Crippen LogP contribution in [0.25, 0.3) is 21.8 Å². The van der Waals surface area contributed by atoms with Gasteiger partial charge in [-0.05, 0) is 43.2 Å². The fourth-order valence-corrected chi connectivity index (χ4v) is 6.62. The van der Waals surface area contributed by atoms with Gasteiger partial charge in [-0.1, -0.05) is 23.7 Å². The van der Waals surface area contributed by atoms with Gasteiger partial charge in [-0.3, -0.25) is 4.72 Å². The van der Waals surface area contributed by atoms with Gasteiger partial charge < -0.3 is 4.74 Å². The van der Waals surface area contributed by atoms with Gasteiger partial charge in [-0.15, -0.1) is 11.3 Å². The molecule has 36 heavy (non-hydrogen) atoms. The standard InChI is InChI=1S/C24H19ClF2N4O3S2/c25-21-16(2-1-3-18(21)31-36(32,33)20-12-15(26)4-5-17(20)27)22-23(19-6-9-28-13-29-19)35-24(30-22)14-7-10-34-11-8-14/h1-6,9,12-14,31H,7-8,10-11H2. The number of rotatable bonds is 6. The van der Waals surface area contributed by atoms with E-state index in [1.54, 1.807) is 24.4 Å². The number of ether oxygens (including phenoxy) is 1. The highest BCUT2D eigenvalue weighted by atomic mass is 35.5. The Morgan fingerprint density at radius 1 is 1.11 bits per heavy atom. The van der Waals surface area contributed by atoms with Gasteiger partial charge in [0.1, 0.15) is 22.9 Å². The smallest absolute Gasteiger partial charge is 0.264 e. The van der Waals surface area contributed by atoms with Crippen LogP contribution in [0.5, 0.6) is 0 Å². The third kappa shape index (κ3) is 4.96. The van der Waals surface area contributed by atoms with Gasteiger partial charge >= 0.3 is 0 Å². The third-order valence-electron chi connectivity index (χ3n) is 5.71. The molecular formula is C24H19ClF2N4O3S2. The van der Waals surface area contributed by atoms with E-state index in [4.69, 9.17) is 21.3 Å². The van der Waals surface area contributed by atoms with E-state index in [0.717, 1.165) is 34.9 Å². The number of anilines is 1. The van der Waals surface area contributed by atoms with Crippen LogP contribution in [0.3, 0.4) is 0 Å². The molecule has 12 heteroatoms. The quantitative estimate of drug-likeness (QED) is 0.323. The van der Waals surface area contributed by atoms with Crippen molar-refractivity contribution < 1.29 is 21.9 Å². The largest absolute Gasteiger partial charge is 0.381 e. The molecule has 0 unspecified atom stereocenters. The molecule has 1 aliphatic rings. The highest BCUT2D eigenvalue weighted by Gasteiger charge is 2.26. The topological polar surface area (TPSA) is 94.1 Å². The molecule has 7 nitrogen and oxygen atoms in total. The van der Waals surface area contributed by atoms with E-state index in [-0.39, 0.29) is 16.6 Å². The molecule has 1 fully saturated rings. The van der Waals surface area contributed by atoms with Crippen LogP contribution in [0.2, 0.25) is 5.02 Å². The minimum absolute atomic E-state index is 0.00656. The Labute approximate surface area is 215 Å². The number of nitrogens with one attached hydrogen (secondary N) is 1. The van der Waals surface area contributed by atoms with E-state index in [0.29, 0.717) is 36.2 Å². The second kappa shape index (κ2) is 10.2. The third-order valence-corrected chi connectivity index (χ3v) is 8.74. The normalized spacial score (nSPS) is 14.6. The summed E-state index contributed by atoms with van der Waals surface area (Å²) in [7, 11) is -4.46. The molecule has 0 bridgehead atoms. The van der Waals surface area contributed by atoms with Crippen LogP contribution in [0.4, 0.5) is 14.5 Å². The zero-order valence-corrected chi connectivity index (χ0v) is 21.0. The zero-order chi connectivity index (χ0) is 25.3. The van der Waals surface area contributed by atoms with Gasteiger partial charge in [-0.2, -0.15) is 0 Å².